The maximum absolute atomic E-state index is 13.0. The van der Waals surface area contributed by atoms with Crippen LogP contribution in [-0.2, 0) is 14.8 Å². The zero-order valence-corrected chi connectivity index (χ0v) is 15.6. The van der Waals surface area contributed by atoms with E-state index in [4.69, 9.17) is 16.3 Å². The van der Waals surface area contributed by atoms with Crippen LogP contribution in [0.1, 0.15) is 12.8 Å². The van der Waals surface area contributed by atoms with Crippen molar-refractivity contribution in [2.75, 3.05) is 33.7 Å². The summed E-state index contributed by atoms with van der Waals surface area (Å²) in [4.78, 5) is 2.45. The van der Waals surface area contributed by atoms with Gasteiger partial charge >= 0.3 is 0 Å². The summed E-state index contributed by atoms with van der Waals surface area (Å²) in [6.07, 6.45) is 2.29. The van der Waals surface area contributed by atoms with E-state index in [0.29, 0.717) is 24.0 Å². The lowest BCUT2D eigenvalue weighted by Gasteiger charge is -2.31. The molecule has 0 amide bonds. The lowest BCUT2D eigenvalue weighted by molar-refractivity contribution is 0.00739. The molecular formula is C17H23ClN2O3S. The molecule has 3 aliphatic rings. The molecule has 0 aromatic heterocycles. The Morgan fingerprint density at radius 1 is 1.42 bits per heavy atom. The van der Waals surface area contributed by atoms with Gasteiger partial charge in [-0.3, -0.25) is 0 Å². The maximum Gasteiger partial charge on any atom is 0.243 e. The van der Waals surface area contributed by atoms with Crippen molar-refractivity contribution in [1.82, 2.24) is 9.21 Å². The highest BCUT2D eigenvalue weighted by Gasteiger charge is 2.64. The van der Waals surface area contributed by atoms with Gasteiger partial charge in [-0.2, -0.15) is 4.31 Å². The first kappa shape index (κ1) is 16.8. The predicted molar refractivity (Wildman–Crippen MR) is 92.6 cm³/mol. The number of hydrogen-bond donors (Lipinski definition) is 0. The number of nitrogens with zero attached hydrogens (tertiary/aromatic N) is 2. The fourth-order valence-electron chi connectivity index (χ4n) is 4.77. The van der Waals surface area contributed by atoms with Crippen molar-refractivity contribution in [2.45, 2.75) is 29.4 Å². The van der Waals surface area contributed by atoms with Gasteiger partial charge < -0.3 is 9.64 Å². The molecule has 7 heteroatoms. The van der Waals surface area contributed by atoms with Crippen LogP contribution in [0.4, 0.5) is 0 Å². The van der Waals surface area contributed by atoms with E-state index in [1.54, 1.807) is 22.5 Å². The third-order valence-electron chi connectivity index (χ3n) is 5.76. The van der Waals surface area contributed by atoms with E-state index in [0.717, 1.165) is 19.4 Å². The van der Waals surface area contributed by atoms with Crippen LogP contribution < -0.4 is 0 Å². The van der Waals surface area contributed by atoms with Gasteiger partial charge in [0, 0.05) is 36.5 Å². The van der Waals surface area contributed by atoms with Gasteiger partial charge in [-0.15, -0.1) is 0 Å². The first-order chi connectivity index (χ1) is 11.3. The van der Waals surface area contributed by atoms with Crippen LogP contribution in [0.15, 0.2) is 29.2 Å². The quantitative estimate of drug-likeness (QED) is 0.814. The van der Waals surface area contributed by atoms with Crippen LogP contribution in [0.2, 0.25) is 5.02 Å². The van der Waals surface area contributed by atoms with Crippen molar-refractivity contribution in [3.8, 4) is 0 Å². The largest absolute Gasteiger partial charge is 0.370 e. The highest BCUT2D eigenvalue weighted by Crippen LogP contribution is 2.55. The van der Waals surface area contributed by atoms with Gasteiger partial charge in [0.15, 0.2) is 0 Å². The second kappa shape index (κ2) is 5.68. The molecule has 1 aromatic carbocycles. The zero-order valence-electron chi connectivity index (χ0n) is 14.0. The molecule has 4 rings (SSSR count). The summed E-state index contributed by atoms with van der Waals surface area (Å²) >= 11 is 5.98. The Balaban J connectivity index is 1.62. The van der Waals surface area contributed by atoms with E-state index < -0.39 is 10.0 Å². The van der Waals surface area contributed by atoms with Crippen molar-refractivity contribution in [3.63, 3.8) is 0 Å². The molecule has 132 valence electrons. The Labute approximate surface area is 148 Å². The Kier molecular flexibility index (Phi) is 3.97. The van der Waals surface area contributed by atoms with Crippen LogP contribution in [0.3, 0.4) is 0 Å². The fourth-order valence-corrected chi connectivity index (χ4v) is 6.60. The SMILES string of the molecule is CN(C)C[C@H]1[C@H]2CN(S(=O)(=O)c3cccc(Cl)c3)C[C@]23CC[C@H]1O3. The summed E-state index contributed by atoms with van der Waals surface area (Å²) in [5.41, 5.74) is -0.281. The second-order valence-corrected chi connectivity index (χ2v) is 9.92. The van der Waals surface area contributed by atoms with Crippen molar-refractivity contribution < 1.29 is 13.2 Å². The summed E-state index contributed by atoms with van der Waals surface area (Å²) < 4.78 is 34.0. The number of sulfonamides is 1. The van der Waals surface area contributed by atoms with Crippen LogP contribution in [0, 0.1) is 11.8 Å². The smallest absolute Gasteiger partial charge is 0.243 e. The molecule has 3 aliphatic heterocycles. The van der Waals surface area contributed by atoms with E-state index in [1.165, 1.54) is 6.07 Å². The summed E-state index contributed by atoms with van der Waals surface area (Å²) in [5, 5.41) is 0.441. The van der Waals surface area contributed by atoms with Crippen molar-refractivity contribution in [2.24, 2.45) is 11.8 Å². The Bertz CT molecular complexity index is 754. The molecule has 0 unspecified atom stereocenters. The standard InChI is InChI=1S/C17H23ClN2O3S/c1-19(2)9-14-15-10-20(11-17(15)7-6-16(14)23-17)24(21,22)13-5-3-4-12(18)8-13/h3-5,8,14-16H,6-7,9-11H2,1-2H3/t14-,15+,16+,17+/m0/s1. The van der Waals surface area contributed by atoms with Crippen LogP contribution in [0.25, 0.3) is 0 Å². The first-order valence-electron chi connectivity index (χ1n) is 8.40. The summed E-state index contributed by atoms with van der Waals surface area (Å²) in [5.74, 6) is 0.695. The van der Waals surface area contributed by atoms with Crippen molar-refractivity contribution in [1.29, 1.82) is 0 Å². The van der Waals surface area contributed by atoms with Gasteiger partial charge in [-0.05, 0) is 45.1 Å². The zero-order chi connectivity index (χ0) is 17.1. The number of ether oxygens (including phenoxy) is 1. The van der Waals surface area contributed by atoms with E-state index in [9.17, 15) is 8.42 Å². The van der Waals surface area contributed by atoms with E-state index in [1.807, 2.05) is 0 Å². The van der Waals surface area contributed by atoms with Gasteiger partial charge in [0.1, 0.15) is 0 Å². The molecule has 3 saturated heterocycles. The minimum atomic E-state index is -3.53. The first-order valence-corrected chi connectivity index (χ1v) is 10.2. The topological polar surface area (TPSA) is 49.9 Å². The fraction of sp³-hybridized carbons (Fsp3) is 0.647. The van der Waals surface area contributed by atoms with Crippen LogP contribution in [0.5, 0.6) is 0 Å². The molecule has 0 radical (unpaired) electrons. The second-order valence-electron chi connectivity index (χ2n) is 7.55. The number of fused-ring (bicyclic) bond motifs is 1. The maximum atomic E-state index is 13.0. The molecule has 0 N–H and O–H groups in total. The van der Waals surface area contributed by atoms with Gasteiger partial charge in [0.2, 0.25) is 10.0 Å². The number of halogens is 1. The number of hydrogen-bond acceptors (Lipinski definition) is 4. The molecule has 0 saturated carbocycles. The molecule has 2 bridgehead atoms. The molecule has 3 fully saturated rings. The van der Waals surface area contributed by atoms with Crippen LogP contribution >= 0.6 is 11.6 Å². The normalized spacial score (nSPS) is 35.8. The highest BCUT2D eigenvalue weighted by atomic mass is 35.5. The molecule has 4 atom stereocenters. The number of benzene rings is 1. The molecule has 0 aliphatic carbocycles. The highest BCUT2D eigenvalue weighted by molar-refractivity contribution is 7.89. The van der Waals surface area contributed by atoms with Crippen LogP contribution in [-0.4, -0.2) is 63.1 Å². The average Bonchev–Trinajstić information content (AvgIpc) is 3.16. The molecule has 3 heterocycles. The summed E-state index contributed by atoms with van der Waals surface area (Å²) in [6, 6.07) is 6.51. The molecule has 1 aromatic rings. The lowest BCUT2D eigenvalue weighted by Crippen LogP contribution is -2.40. The average molecular weight is 371 g/mol. The lowest BCUT2D eigenvalue weighted by atomic mass is 9.73. The molecular weight excluding hydrogens is 348 g/mol. The Hall–Kier alpha value is -0.660. The Morgan fingerprint density at radius 3 is 2.92 bits per heavy atom. The Morgan fingerprint density at radius 2 is 2.21 bits per heavy atom. The summed E-state index contributed by atoms with van der Waals surface area (Å²) in [7, 11) is 0.598. The molecule has 1 spiro atoms. The molecule has 5 nitrogen and oxygen atoms in total. The van der Waals surface area contributed by atoms with Crippen molar-refractivity contribution in [3.05, 3.63) is 29.3 Å². The molecule has 24 heavy (non-hydrogen) atoms. The monoisotopic (exact) mass is 370 g/mol. The van der Waals surface area contributed by atoms with E-state index in [-0.39, 0.29) is 22.5 Å². The van der Waals surface area contributed by atoms with Crippen molar-refractivity contribution >= 4 is 21.6 Å². The van der Waals surface area contributed by atoms with Gasteiger partial charge in [0.25, 0.3) is 0 Å². The number of rotatable bonds is 4. The van der Waals surface area contributed by atoms with Gasteiger partial charge in [-0.1, -0.05) is 17.7 Å². The minimum absolute atomic E-state index is 0.269. The van der Waals surface area contributed by atoms with Gasteiger partial charge in [-0.25, -0.2) is 8.42 Å². The van der Waals surface area contributed by atoms with E-state index in [2.05, 4.69) is 19.0 Å². The predicted octanol–water partition coefficient (Wildman–Crippen LogP) is 2.07. The minimum Gasteiger partial charge on any atom is -0.370 e. The third-order valence-corrected chi connectivity index (χ3v) is 7.81. The third kappa shape index (κ3) is 2.51. The summed E-state index contributed by atoms with van der Waals surface area (Å²) in [6.45, 7) is 1.96. The van der Waals surface area contributed by atoms with E-state index >= 15 is 0 Å². The van der Waals surface area contributed by atoms with Gasteiger partial charge in [0.05, 0.1) is 16.6 Å².